The number of guanidine groups is 1. The second-order valence-electron chi connectivity index (χ2n) is 5.60. The highest BCUT2D eigenvalue weighted by Gasteiger charge is 2.05. The van der Waals surface area contributed by atoms with Crippen molar-refractivity contribution >= 4 is 5.96 Å². The van der Waals surface area contributed by atoms with Crippen LogP contribution in [0.15, 0.2) is 33.7 Å². The molecule has 2 N–H and O–H groups in total. The van der Waals surface area contributed by atoms with Gasteiger partial charge in [0.25, 0.3) is 0 Å². The van der Waals surface area contributed by atoms with E-state index in [1.165, 1.54) is 6.07 Å². The van der Waals surface area contributed by atoms with Crippen LogP contribution >= 0.6 is 0 Å². The lowest BCUT2D eigenvalue weighted by molar-refractivity contribution is 0.473. The van der Waals surface area contributed by atoms with Gasteiger partial charge in [-0.15, -0.1) is 0 Å². The number of halogens is 1. The zero-order valence-corrected chi connectivity index (χ0v) is 14.5. The van der Waals surface area contributed by atoms with Crippen molar-refractivity contribution in [3.63, 3.8) is 0 Å². The molecule has 2 rings (SSSR count). The summed E-state index contributed by atoms with van der Waals surface area (Å²) in [5.74, 6) is 1.98. The van der Waals surface area contributed by atoms with Gasteiger partial charge in [0.05, 0.1) is 5.69 Å². The largest absolute Gasteiger partial charge is 0.444 e. The number of aromatic nitrogens is 1. The van der Waals surface area contributed by atoms with E-state index in [2.05, 4.69) is 20.6 Å². The number of nitrogens with one attached hydrogen (secondary N) is 2. The highest BCUT2D eigenvalue weighted by Crippen LogP contribution is 2.09. The lowest BCUT2D eigenvalue weighted by Crippen LogP contribution is -2.37. The first-order valence-electron chi connectivity index (χ1n) is 8.28. The fourth-order valence-corrected chi connectivity index (χ4v) is 2.29. The number of aliphatic imine (C=N–C) groups is 1. The van der Waals surface area contributed by atoms with E-state index in [0.717, 1.165) is 48.9 Å². The predicted molar refractivity (Wildman–Crippen MR) is 93.5 cm³/mol. The molecule has 0 radical (unpaired) electrons. The van der Waals surface area contributed by atoms with Gasteiger partial charge >= 0.3 is 0 Å². The minimum absolute atomic E-state index is 0.188. The van der Waals surface area contributed by atoms with Crippen molar-refractivity contribution in [1.29, 1.82) is 0 Å². The first kappa shape index (κ1) is 18.0. The van der Waals surface area contributed by atoms with Crippen molar-refractivity contribution in [3.05, 3.63) is 53.0 Å². The Hall–Kier alpha value is -2.37. The van der Waals surface area contributed by atoms with E-state index < -0.39 is 0 Å². The minimum Gasteiger partial charge on any atom is -0.444 e. The lowest BCUT2D eigenvalue weighted by atomic mass is 10.1. The molecular weight excluding hydrogens is 307 g/mol. The molecule has 1 aromatic carbocycles. The van der Waals surface area contributed by atoms with E-state index >= 15 is 0 Å². The highest BCUT2D eigenvalue weighted by molar-refractivity contribution is 5.79. The molecule has 0 saturated carbocycles. The summed E-state index contributed by atoms with van der Waals surface area (Å²) in [6, 6.07) is 6.72. The van der Waals surface area contributed by atoms with Crippen molar-refractivity contribution in [2.75, 3.05) is 13.1 Å². The van der Waals surface area contributed by atoms with Gasteiger partial charge in [-0.25, -0.2) is 14.4 Å². The molecule has 0 saturated heterocycles. The van der Waals surface area contributed by atoms with Crippen LogP contribution in [0.25, 0.3) is 0 Å². The van der Waals surface area contributed by atoms with Crippen LogP contribution < -0.4 is 10.6 Å². The fourth-order valence-electron chi connectivity index (χ4n) is 2.29. The maximum atomic E-state index is 13.1. The number of rotatable bonds is 7. The molecule has 1 aromatic heterocycles. The second kappa shape index (κ2) is 9.05. The van der Waals surface area contributed by atoms with E-state index in [-0.39, 0.29) is 5.82 Å². The first-order chi connectivity index (χ1) is 11.6. The maximum absolute atomic E-state index is 13.1. The number of nitrogens with zero attached hydrogens (tertiary/aromatic N) is 2. The van der Waals surface area contributed by atoms with Crippen LogP contribution in [0, 0.1) is 19.7 Å². The zero-order chi connectivity index (χ0) is 17.4. The van der Waals surface area contributed by atoms with Gasteiger partial charge in [0.15, 0.2) is 5.96 Å². The quantitative estimate of drug-likeness (QED) is 0.464. The summed E-state index contributed by atoms with van der Waals surface area (Å²) in [6.45, 7) is 7.76. The Labute approximate surface area is 142 Å². The van der Waals surface area contributed by atoms with Crippen LogP contribution in [0.5, 0.6) is 0 Å². The van der Waals surface area contributed by atoms with E-state index in [1.54, 1.807) is 12.1 Å². The zero-order valence-electron chi connectivity index (χ0n) is 14.5. The Morgan fingerprint density at radius 2 is 2.12 bits per heavy atom. The van der Waals surface area contributed by atoms with Gasteiger partial charge in [0.1, 0.15) is 18.1 Å². The number of hydrogen-bond acceptors (Lipinski definition) is 3. The molecule has 1 heterocycles. The topological polar surface area (TPSA) is 62.5 Å². The van der Waals surface area contributed by atoms with Crippen LogP contribution in [0.4, 0.5) is 4.39 Å². The molecule has 0 atom stereocenters. The van der Waals surface area contributed by atoms with Crippen molar-refractivity contribution < 1.29 is 8.81 Å². The van der Waals surface area contributed by atoms with Gasteiger partial charge in [-0.1, -0.05) is 12.1 Å². The standard InChI is InChI=1S/C18H25FN4O/c1-4-20-18(22-12-17-23-13(2)14(3)24-17)21-10-6-8-15-7-5-9-16(19)11-15/h5,7,9,11H,4,6,8,10,12H2,1-3H3,(H2,20,21,22). The molecule has 0 spiro atoms. The summed E-state index contributed by atoms with van der Waals surface area (Å²) in [6.07, 6.45) is 1.72. The molecule has 0 aliphatic heterocycles. The normalized spacial score (nSPS) is 11.6. The monoisotopic (exact) mass is 332 g/mol. The SMILES string of the molecule is CCNC(=NCc1nc(C)c(C)o1)NCCCc1cccc(F)c1. The van der Waals surface area contributed by atoms with Crippen LogP contribution in [0.1, 0.15) is 36.3 Å². The molecule has 6 heteroatoms. The summed E-state index contributed by atoms with van der Waals surface area (Å²) >= 11 is 0. The highest BCUT2D eigenvalue weighted by atomic mass is 19.1. The molecular formula is C18H25FN4O. The van der Waals surface area contributed by atoms with Gasteiger partial charge in [0.2, 0.25) is 5.89 Å². The fraction of sp³-hybridized carbons (Fsp3) is 0.444. The van der Waals surface area contributed by atoms with Crippen molar-refractivity contribution in [2.24, 2.45) is 4.99 Å². The van der Waals surface area contributed by atoms with Gasteiger partial charge in [0, 0.05) is 13.1 Å². The molecule has 0 bridgehead atoms. The summed E-state index contributed by atoms with van der Waals surface area (Å²) < 4.78 is 18.7. The van der Waals surface area contributed by atoms with Gasteiger partial charge < -0.3 is 15.1 Å². The van der Waals surface area contributed by atoms with Crippen LogP contribution in [-0.4, -0.2) is 24.0 Å². The summed E-state index contributed by atoms with van der Waals surface area (Å²) in [5.41, 5.74) is 1.90. The molecule has 0 aliphatic carbocycles. The molecule has 0 fully saturated rings. The van der Waals surface area contributed by atoms with Gasteiger partial charge in [-0.2, -0.15) is 0 Å². The molecule has 2 aromatic rings. The Kier molecular flexibility index (Phi) is 6.78. The van der Waals surface area contributed by atoms with E-state index in [0.29, 0.717) is 12.4 Å². The molecule has 0 amide bonds. The third-order valence-corrected chi connectivity index (χ3v) is 3.61. The van der Waals surface area contributed by atoms with Crippen molar-refractivity contribution in [2.45, 2.75) is 40.2 Å². The maximum Gasteiger partial charge on any atom is 0.216 e. The van der Waals surface area contributed by atoms with Crippen molar-refractivity contribution in [1.82, 2.24) is 15.6 Å². The molecule has 24 heavy (non-hydrogen) atoms. The summed E-state index contributed by atoms with van der Waals surface area (Å²) in [4.78, 5) is 8.80. The van der Waals surface area contributed by atoms with E-state index in [9.17, 15) is 4.39 Å². The van der Waals surface area contributed by atoms with Crippen LogP contribution in [0.3, 0.4) is 0 Å². The van der Waals surface area contributed by atoms with Gasteiger partial charge in [-0.05, 0) is 51.3 Å². The lowest BCUT2D eigenvalue weighted by Gasteiger charge is -2.10. The molecule has 0 unspecified atom stereocenters. The second-order valence-corrected chi connectivity index (χ2v) is 5.60. The van der Waals surface area contributed by atoms with E-state index in [1.807, 2.05) is 26.8 Å². The van der Waals surface area contributed by atoms with Crippen LogP contribution in [-0.2, 0) is 13.0 Å². The average Bonchev–Trinajstić information content (AvgIpc) is 2.87. The smallest absolute Gasteiger partial charge is 0.216 e. The number of oxazole rings is 1. The van der Waals surface area contributed by atoms with Crippen molar-refractivity contribution in [3.8, 4) is 0 Å². The van der Waals surface area contributed by atoms with E-state index in [4.69, 9.17) is 4.42 Å². The number of benzene rings is 1. The summed E-state index contributed by atoms with van der Waals surface area (Å²) in [5, 5.41) is 6.46. The minimum atomic E-state index is -0.188. The Balaban J connectivity index is 1.80. The average molecular weight is 332 g/mol. The third kappa shape index (κ3) is 5.68. The van der Waals surface area contributed by atoms with Gasteiger partial charge in [-0.3, -0.25) is 0 Å². The first-order valence-corrected chi connectivity index (χ1v) is 8.28. The third-order valence-electron chi connectivity index (χ3n) is 3.61. The molecule has 0 aliphatic rings. The Morgan fingerprint density at radius 3 is 2.79 bits per heavy atom. The predicted octanol–water partition coefficient (Wildman–Crippen LogP) is 3.12. The Bertz CT molecular complexity index is 662. The Morgan fingerprint density at radius 1 is 1.29 bits per heavy atom. The van der Waals surface area contributed by atoms with Crippen LogP contribution in [0.2, 0.25) is 0 Å². The summed E-state index contributed by atoms with van der Waals surface area (Å²) in [7, 11) is 0. The molecule has 5 nitrogen and oxygen atoms in total. The number of hydrogen-bond donors (Lipinski definition) is 2. The molecule has 130 valence electrons. The number of aryl methyl sites for hydroxylation is 3.